The monoisotopic (exact) mass is 427 g/mol. The lowest BCUT2D eigenvalue weighted by molar-refractivity contribution is -0.145. The zero-order chi connectivity index (χ0) is 20.7. The number of likely N-dealkylation sites (tertiary alicyclic amines) is 1. The van der Waals surface area contributed by atoms with Gasteiger partial charge in [0.2, 0.25) is 11.8 Å². The summed E-state index contributed by atoms with van der Waals surface area (Å²) in [4.78, 5) is 32.8. The summed E-state index contributed by atoms with van der Waals surface area (Å²) >= 11 is 1.56. The minimum atomic E-state index is 0.000951. The molecule has 4 heterocycles. The van der Waals surface area contributed by atoms with E-state index in [1.165, 1.54) is 0 Å². The summed E-state index contributed by atoms with van der Waals surface area (Å²) in [7, 11) is 0. The number of imidazole rings is 1. The second-order valence-corrected chi connectivity index (χ2v) is 9.18. The van der Waals surface area contributed by atoms with Gasteiger partial charge >= 0.3 is 0 Å². The third kappa shape index (κ3) is 3.71. The van der Waals surface area contributed by atoms with Gasteiger partial charge in [-0.1, -0.05) is 5.21 Å². The number of carbonyl (C=O) groups excluding carboxylic acids is 2. The SMILES string of the molecule is Cc1cn(CCNC(=O)[C@@H]2C[C@H]3CCN(C(=O)Cc4cn5ccsc5n4)C[C@H]32)nn1. The van der Waals surface area contributed by atoms with Crippen molar-refractivity contribution in [3.05, 3.63) is 35.4 Å². The molecule has 1 saturated carbocycles. The summed E-state index contributed by atoms with van der Waals surface area (Å²) in [6, 6.07) is 0. The van der Waals surface area contributed by atoms with Gasteiger partial charge in [0.1, 0.15) is 0 Å². The molecule has 0 radical (unpaired) electrons. The van der Waals surface area contributed by atoms with Crippen LogP contribution in [0.3, 0.4) is 0 Å². The fourth-order valence-electron chi connectivity index (χ4n) is 4.67. The molecule has 5 rings (SSSR count). The number of piperidine rings is 1. The van der Waals surface area contributed by atoms with Crippen LogP contribution in [0.25, 0.3) is 4.96 Å². The lowest BCUT2D eigenvalue weighted by Gasteiger charge is -2.50. The van der Waals surface area contributed by atoms with E-state index in [-0.39, 0.29) is 23.7 Å². The molecule has 30 heavy (non-hydrogen) atoms. The number of nitrogens with one attached hydrogen (secondary N) is 1. The van der Waals surface area contributed by atoms with Crippen molar-refractivity contribution in [3.8, 4) is 0 Å². The Kier molecular flexibility index (Phi) is 5.01. The van der Waals surface area contributed by atoms with Crippen LogP contribution in [-0.4, -0.2) is 60.7 Å². The molecule has 10 heteroatoms. The molecule has 0 bridgehead atoms. The Bertz CT molecular complexity index is 1040. The van der Waals surface area contributed by atoms with Crippen molar-refractivity contribution in [3.63, 3.8) is 0 Å². The predicted molar refractivity (Wildman–Crippen MR) is 111 cm³/mol. The zero-order valence-electron chi connectivity index (χ0n) is 16.9. The Morgan fingerprint density at radius 2 is 2.23 bits per heavy atom. The maximum absolute atomic E-state index is 12.8. The lowest BCUT2D eigenvalue weighted by Crippen LogP contribution is -2.56. The number of nitrogens with zero attached hydrogens (tertiary/aromatic N) is 6. The van der Waals surface area contributed by atoms with Crippen LogP contribution in [0.4, 0.5) is 0 Å². The first-order chi connectivity index (χ1) is 14.6. The largest absolute Gasteiger partial charge is 0.354 e. The maximum Gasteiger partial charge on any atom is 0.228 e. The van der Waals surface area contributed by atoms with Gasteiger partial charge in [-0.05, 0) is 31.6 Å². The molecule has 1 aliphatic carbocycles. The molecular weight excluding hydrogens is 402 g/mol. The van der Waals surface area contributed by atoms with Gasteiger partial charge in [0.15, 0.2) is 4.96 Å². The molecule has 2 fully saturated rings. The second-order valence-electron chi connectivity index (χ2n) is 8.31. The predicted octanol–water partition coefficient (Wildman–Crippen LogP) is 1.14. The summed E-state index contributed by atoms with van der Waals surface area (Å²) in [5.74, 6) is 1.02. The van der Waals surface area contributed by atoms with Gasteiger partial charge in [0.25, 0.3) is 0 Å². The highest BCUT2D eigenvalue weighted by atomic mass is 32.1. The van der Waals surface area contributed by atoms with Gasteiger partial charge in [0.05, 0.1) is 24.4 Å². The van der Waals surface area contributed by atoms with E-state index in [1.54, 1.807) is 16.0 Å². The van der Waals surface area contributed by atoms with Gasteiger partial charge in [-0.25, -0.2) is 4.98 Å². The number of rotatable bonds is 6. The fourth-order valence-corrected chi connectivity index (χ4v) is 5.39. The molecule has 0 unspecified atom stereocenters. The maximum atomic E-state index is 12.8. The van der Waals surface area contributed by atoms with Crippen molar-refractivity contribution in [2.24, 2.45) is 17.8 Å². The van der Waals surface area contributed by atoms with Crippen LogP contribution >= 0.6 is 11.3 Å². The minimum absolute atomic E-state index is 0.000951. The van der Waals surface area contributed by atoms with E-state index in [0.29, 0.717) is 32.0 Å². The molecule has 3 aromatic heterocycles. The summed E-state index contributed by atoms with van der Waals surface area (Å²) in [6.07, 6.45) is 7.97. The van der Waals surface area contributed by atoms with Crippen LogP contribution in [0.2, 0.25) is 0 Å². The second kappa shape index (κ2) is 7.82. The number of hydrogen-bond donors (Lipinski definition) is 1. The standard InChI is InChI=1S/C20H25N7O2S/c1-13-10-27(24-23-13)5-3-21-19(29)16-8-14-2-4-25(12-17(14)16)18(28)9-15-11-26-6-7-30-20(26)22-15/h6-7,10-11,14,16-17H,2-5,8-9,12H2,1H3,(H,21,29)/t14-,16-,17-/m1/s1. The van der Waals surface area contributed by atoms with E-state index in [0.717, 1.165) is 35.7 Å². The van der Waals surface area contributed by atoms with E-state index in [1.807, 2.05) is 40.2 Å². The van der Waals surface area contributed by atoms with Gasteiger partial charge < -0.3 is 10.2 Å². The number of aromatic nitrogens is 5. The number of fused-ring (bicyclic) bond motifs is 2. The molecule has 0 spiro atoms. The number of thiazole rings is 1. The number of aryl methyl sites for hydroxylation is 1. The topological polar surface area (TPSA) is 97.4 Å². The minimum Gasteiger partial charge on any atom is -0.354 e. The molecule has 0 aromatic carbocycles. The Labute approximate surface area is 178 Å². The van der Waals surface area contributed by atoms with Crippen LogP contribution < -0.4 is 5.32 Å². The molecule has 1 saturated heterocycles. The molecule has 2 aliphatic rings. The Hall–Kier alpha value is -2.75. The smallest absolute Gasteiger partial charge is 0.228 e. The fraction of sp³-hybridized carbons (Fsp3) is 0.550. The molecule has 3 atom stereocenters. The van der Waals surface area contributed by atoms with Crippen molar-refractivity contribution in [2.45, 2.75) is 32.7 Å². The Balaban J connectivity index is 1.13. The third-order valence-electron chi connectivity index (χ3n) is 6.34. The average molecular weight is 428 g/mol. The molecule has 2 amide bonds. The van der Waals surface area contributed by atoms with Crippen LogP contribution in [0.1, 0.15) is 24.2 Å². The van der Waals surface area contributed by atoms with Gasteiger partial charge in [0, 0.05) is 49.5 Å². The van der Waals surface area contributed by atoms with Crippen molar-refractivity contribution >= 4 is 28.1 Å². The highest BCUT2D eigenvalue weighted by Crippen LogP contribution is 2.45. The number of carbonyl (C=O) groups is 2. The van der Waals surface area contributed by atoms with Crippen LogP contribution in [-0.2, 0) is 22.6 Å². The van der Waals surface area contributed by atoms with Gasteiger partial charge in [-0.15, -0.1) is 16.4 Å². The summed E-state index contributed by atoms with van der Waals surface area (Å²) in [6.45, 7) is 4.49. The Morgan fingerprint density at radius 3 is 3.03 bits per heavy atom. The summed E-state index contributed by atoms with van der Waals surface area (Å²) in [5.41, 5.74) is 1.67. The molecular formula is C20H25N7O2S. The van der Waals surface area contributed by atoms with E-state index in [2.05, 4.69) is 20.6 Å². The number of hydrogen-bond acceptors (Lipinski definition) is 6. The first kappa shape index (κ1) is 19.2. The molecule has 3 aromatic rings. The molecule has 1 aliphatic heterocycles. The first-order valence-corrected chi connectivity index (χ1v) is 11.3. The first-order valence-electron chi connectivity index (χ1n) is 10.4. The third-order valence-corrected chi connectivity index (χ3v) is 7.11. The van der Waals surface area contributed by atoms with Crippen molar-refractivity contribution in [1.82, 2.24) is 34.6 Å². The van der Waals surface area contributed by atoms with Gasteiger partial charge in [-0.2, -0.15) is 0 Å². The van der Waals surface area contributed by atoms with E-state index in [4.69, 9.17) is 0 Å². The van der Waals surface area contributed by atoms with Crippen molar-refractivity contribution < 1.29 is 9.59 Å². The summed E-state index contributed by atoms with van der Waals surface area (Å²) in [5, 5.41) is 13.0. The zero-order valence-corrected chi connectivity index (χ0v) is 17.7. The molecule has 158 valence electrons. The molecule has 1 N–H and O–H groups in total. The normalized spacial score (nSPS) is 23.2. The van der Waals surface area contributed by atoms with E-state index in [9.17, 15) is 9.59 Å². The molecule has 9 nitrogen and oxygen atoms in total. The van der Waals surface area contributed by atoms with E-state index < -0.39 is 0 Å². The average Bonchev–Trinajstić information content (AvgIpc) is 3.39. The quantitative estimate of drug-likeness (QED) is 0.636. The number of amides is 2. The van der Waals surface area contributed by atoms with Crippen LogP contribution in [0, 0.1) is 24.7 Å². The highest BCUT2D eigenvalue weighted by Gasteiger charge is 2.48. The van der Waals surface area contributed by atoms with Crippen molar-refractivity contribution in [1.29, 1.82) is 0 Å². The van der Waals surface area contributed by atoms with Crippen molar-refractivity contribution in [2.75, 3.05) is 19.6 Å². The summed E-state index contributed by atoms with van der Waals surface area (Å²) < 4.78 is 3.69. The Morgan fingerprint density at radius 1 is 1.33 bits per heavy atom. The van der Waals surface area contributed by atoms with E-state index >= 15 is 0 Å². The lowest BCUT2D eigenvalue weighted by atomic mass is 9.61. The van der Waals surface area contributed by atoms with Crippen LogP contribution in [0.15, 0.2) is 24.0 Å². The highest BCUT2D eigenvalue weighted by molar-refractivity contribution is 7.15. The van der Waals surface area contributed by atoms with Gasteiger partial charge in [-0.3, -0.25) is 18.7 Å². The van der Waals surface area contributed by atoms with Crippen LogP contribution in [0.5, 0.6) is 0 Å².